The van der Waals surface area contributed by atoms with E-state index in [4.69, 9.17) is 8.83 Å². The topological polar surface area (TPSA) is 64.1 Å². The number of rotatable bonds is 6. The number of furan rings is 1. The van der Waals surface area contributed by atoms with E-state index in [0.717, 1.165) is 30.7 Å². The average molecular weight is 235 g/mol. The van der Waals surface area contributed by atoms with Gasteiger partial charge in [0.05, 0.1) is 18.4 Å². The zero-order valence-electron chi connectivity index (χ0n) is 10.2. The van der Waals surface area contributed by atoms with Gasteiger partial charge in [-0.15, -0.1) is 10.2 Å². The first-order chi connectivity index (χ1) is 8.35. The third kappa shape index (κ3) is 2.74. The molecule has 5 nitrogen and oxygen atoms in total. The Balaban J connectivity index is 2.07. The standard InChI is InChI=1S/C12H17N3O2/c1-3-6-13-8-11-14-15-12(17-11)9-5-7-16-10(9)4-2/h5,7,13H,3-4,6,8H2,1-2H3. The van der Waals surface area contributed by atoms with Crippen LogP contribution in [0.3, 0.4) is 0 Å². The summed E-state index contributed by atoms with van der Waals surface area (Å²) >= 11 is 0. The summed E-state index contributed by atoms with van der Waals surface area (Å²) in [5.41, 5.74) is 0.891. The molecule has 0 amide bonds. The normalized spacial score (nSPS) is 10.9. The molecule has 2 aromatic heterocycles. The molecule has 0 fully saturated rings. The summed E-state index contributed by atoms with van der Waals surface area (Å²) < 4.78 is 10.9. The van der Waals surface area contributed by atoms with Crippen LogP contribution in [0, 0.1) is 0 Å². The quantitative estimate of drug-likeness (QED) is 0.779. The predicted molar refractivity (Wildman–Crippen MR) is 63.4 cm³/mol. The molecule has 17 heavy (non-hydrogen) atoms. The number of aromatic nitrogens is 2. The Morgan fingerprint density at radius 2 is 2.18 bits per heavy atom. The number of hydrogen-bond acceptors (Lipinski definition) is 5. The number of nitrogens with one attached hydrogen (secondary N) is 1. The van der Waals surface area contributed by atoms with Crippen LogP contribution in [0.1, 0.15) is 31.9 Å². The van der Waals surface area contributed by atoms with Crippen LogP contribution < -0.4 is 5.32 Å². The maximum atomic E-state index is 5.57. The molecule has 0 saturated heterocycles. The van der Waals surface area contributed by atoms with E-state index in [-0.39, 0.29) is 0 Å². The molecule has 0 aromatic carbocycles. The van der Waals surface area contributed by atoms with Gasteiger partial charge in [0.15, 0.2) is 0 Å². The molecule has 0 atom stereocenters. The monoisotopic (exact) mass is 235 g/mol. The van der Waals surface area contributed by atoms with Crippen LogP contribution in [0.2, 0.25) is 0 Å². The SMILES string of the molecule is CCCNCc1nnc(-c2ccoc2CC)o1. The Morgan fingerprint density at radius 3 is 2.94 bits per heavy atom. The minimum atomic E-state index is 0.531. The van der Waals surface area contributed by atoms with Gasteiger partial charge in [-0.25, -0.2) is 0 Å². The van der Waals surface area contributed by atoms with Crippen molar-refractivity contribution in [2.75, 3.05) is 6.54 Å². The Labute approximate surface area is 100 Å². The van der Waals surface area contributed by atoms with Gasteiger partial charge in [0, 0.05) is 6.42 Å². The van der Waals surface area contributed by atoms with Crippen LogP contribution in [0.4, 0.5) is 0 Å². The summed E-state index contributed by atoms with van der Waals surface area (Å²) in [5.74, 6) is 2.02. The second kappa shape index (κ2) is 5.63. The Morgan fingerprint density at radius 1 is 1.29 bits per heavy atom. The van der Waals surface area contributed by atoms with Crippen molar-refractivity contribution in [1.29, 1.82) is 0 Å². The highest BCUT2D eigenvalue weighted by Crippen LogP contribution is 2.23. The second-order valence-corrected chi connectivity index (χ2v) is 3.79. The van der Waals surface area contributed by atoms with Gasteiger partial charge in [-0.05, 0) is 19.0 Å². The molecule has 0 aliphatic carbocycles. The molecule has 92 valence electrons. The fraction of sp³-hybridized carbons (Fsp3) is 0.500. The first kappa shape index (κ1) is 11.9. The third-order valence-electron chi connectivity index (χ3n) is 2.47. The second-order valence-electron chi connectivity index (χ2n) is 3.79. The van der Waals surface area contributed by atoms with E-state index in [1.165, 1.54) is 0 Å². The van der Waals surface area contributed by atoms with Crippen molar-refractivity contribution in [3.8, 4) is 11.5 Å². The van der Waals surface area contributed by atoms with Gasteiger partial charge in [0.2, 0.25) is 5.89 Å². The maximum Gasteiger partial charge on any atom is 0.251 e. The van der Waals surface area contributed by atoms with E-state index in [9.17, 15) is 0 Å². The molecule has 2 rings (SSSR count). The molecular formula is C12H17N3O2. The average Bonchev–Trinajstić information content (AvgIpc) is 2.96. The largest absolute Gasteiger partial charge is 0.469 e. The van der Waals surface area contributed by atoms with Crippen molar-refractivity contribution < 1.29 is 8.83 Å². The summed E-state index contributed by atoms with van der Waals surface area (Å²) in [6.45, 7) is 5.71. The van der Waals surface area contributed by atoms with Gasteiger partial charge in [0.1, 0.15) is 5.76 Å². The highest BCUT2D eigenvalue weighted by Gasteiger charge is 2.13. The summed E-state index contributed by atoms with van der Waals surface area (Å²) in [7, 11) is 0. The lowest BCUT2D eigenvalue weighted by atomic mass is 10.2. The van der Waals surface area contributed by atoms with Gasteiger partial charge >= 0.3 is 0 Å². The van der Waals surface area contributed by atoms with Gasteiger partial charge in [-0.2, -0.15) is 0 Å². The first-order valence-electron chi connectivity index (χ1n) is 5.95. The van der Waals surface area contributed by atoms with Crippen molar-refractivity contribution in [2.45, 2.75) is 33.2 Å². The summed E-state index contributed by atoms with van der Waals surface area (Å²) in [6, 6.07) is 1.86. The van der Waals surface area contributed by atoms with E-state index >= 15 is 0 Å². The summed E-state index contributed by atoms with van der Waals surface area (Å²) in [4.78, 5) is 0. The molecule has 2 aromatic rings. The number of hydrogen-bond donors (Lipinski definition) is 1. The lowest BCUT2D eigenvalue weighted by Crippen LogP contribution is -2.13. The van der Waals surface area contributed by atoms with Crippen molar-refractivity contribution in [2.24, 2.45) is 0 Å². The molecular weight excluding hydrogens is 218 g/mol. The van der Waals surface area contributed by atoms with Crippen LogP contribution in [0.25, 0.3) is 11.5 Å². The van der Waals surface area contributed by atoms with E-state index in [1.54, 1.807) is 6.26 Å². The Hall–Kier alpha value is -1.62. The lowest BCUT2D eigenvalue weighted by Gasteiger charge is -1.96. The predicted octanol–water partition coefficient (Wildman–Crippen LogP) is 2.39. The minimum Gasteiger partial charge on any atom is -0.469 e. The summed E-state index contributed by atoms with van der Waals surface area (Å²) in [6.07, 6.45) is 3.55. The number of nitrogens with zero attached hydrogens (tertiary/aromatic N) is 2. The molecule has 0 bridgehead atoms. The van der Waals surface area contributed by atoms with Crippen LogP contribution in [-0.2, 0) is 13.0 Å². The molecule has 0 aliphatic rings. The Bertz CT molecular complexity index is 462. The van der Waals surface area contributed by atoms with Crippen LogP contribution >= 0.6 is 0 Å². The molecule has 2 heterocycles. The van der Waals surface area contributed by atoms with Crippen molar-refractivity contribution in [1.82, 2.24) is 15.5 Å². The lowest BCUT2D eigenvalue weighted by molar-refractivity contribution is 0.474. The van der Waals surface area contributed by atoms with Crippen LogP contribution in [-0.4, -0.2) is 16.7 Å². The molecule has 0 radical (unpaired) electrons. The Kier molecular flexibility index (Phi) is 3.93. The van der Waals surface area contributed by atoms with Crippen LogP contribution in [0.15, 0.2) is 21.2 Å². The molecule has 0 unspecified atom stereocenters. The van der Waals surface area contributed by atoms with E-state index < -0.39 is 0 Å². The summed E-state index contributed by atoms with van der Waals surface area (Å²) in [5, 5.41) is 11.2. The molecule has 5 heteroatoms. The molecule has 0 aliphatic heterocycles. The highest BCUT2D eigenvalue weighted by molar-refractivity contribution is 5.54. The maximum absolute atomic E-state index is 5.57. The zero-order valence-corrected chi connectivity index (χ0v) is 10.2. The molecule has 0 saturated carbocycles. The van der Waals surface area contributed by atoms with E-state index in [1.807, 2.05) is 13.0 Å². The van der Waals surface area contributed by atoms with Crippen molar-refractivity contribution >= 4 is 0 Å². The number of aryl methyl sites for hydroxylation is 1. The first-order valence-corrected chi connectivity index (χ1v) is 5.95. The van der Waals surface area contributed by atoms with E-state index in [0.29, 0.717) is 18.3 Å². The van der Waals surface area contributed by atoms with Crippen LogP contribution in [0.5, 0.6) is 0 Å². The third-order valence-corrected chi connectivity index (χ3v) is 2.47. The van der Waals surface area contributed by atoms with Crippen molar-refractivity contribution in [3.05, 3.63) is 24.0 Å². The fourth-order valence-electron chi connectivity index (χ4n) is 1.61. The zero-order chi connectivity index (χ0) is 12.1. The van der Waals surface area contributed by atoms with Gasteiger partial charge in [0.25, 0.3) is 5.89 Å². The van der Waals surface area contributed by atoms with E-state index in [2.05, 4.69) is 22.4 Å². The fourth-order valence-corrected chi connectivity index (χ4v) is 1.61. The van der Waals surface area contributed by atoms with Gasteiger partial charge < -0.3 is 14.2 Å². The highest BCUT2D eigenvalue weighted by atomic mass is 16.4. The molecule has 1 N–H and O–H groups in total. The minimum absolute atomic E-state index is 0.531. The smallest absolute Gasteiger partial charge is 0.251 e. The van der Waals surface area contributed by atoms with Crippen molar-refractivity contribution in [3.63, 3.8) is 0 Å². The molecule has 0 spiro atoms. The van der Waals surface area contributed by atoms with Gasteiger partial charge in [-0.1, -0.05) is 13.8 Å². The van der Waals surface area contributed by atoms with Gasteiger partial charge in [-0.3, -0.25) is 0 Å².